The molecule has 8 N–H and O–H groups in total. The zero-order chi connectivity index (χ0) is 46.5. The molecular formula is C40H59NO21S. The topological polar surface area (TPSA) is 314 Å². The molecule has 0 saturated carbocycles. The molecule has 4 rings (SSSR count). The zero-order valence-electron chi connectivity index (χ0n) is 35.5. The van der Waals surface area contributed by atoms with E-state index in [9.17, 15) is 54.9 Å². The Morgan fingerprint density at radius 1 is 0.730 bits per heavy atom. The van der Waals surface area contributed by atoms with Crippen LogP contribution in [0, 0.1) is 5.92 Å². The monoisotopic (exact) mass is 921 g/mol. The van der Waals surface area contributed by atoms with Gasteiger partial charge >= 0.3 is 17.9 Å². The first-order chi connectivity index (χ1) is 29.9. The first-order valence-electron chi connectivity index (χ1n) is 20.1. The molecule has 3 aliphatic rings. The van der Waals surface area contributed by atoms with Gasteiger partial charge in [0.25, 0.3) is 0 Å². The van der Waals surface area contributed by atoms with Gasteiger partial charge in [0.2, 0.25) is 5.91 Å². The van der Waals surface area contributed by atoms with Crippen molar-refractivity contribution in [1.82, 2.24) is 0 Å². The molecule has 16 atom stereocenters. The van der Waals surface area contributed by atoms with E-state index in [0.717, 1.165) is 0 Å². The molecule has 3 fully saturated rings. The Bertz CT molecular complexity index is 1650. The van der Waals surface area contributed by atoms with Crippen LogP contribution in [0.5, 0.6) is 0 Å². The number of hydrogen-bond acceptors (Lipinski definition) is 22. The van der Waals surface area contributed by atoms with Crippen LogP contribution in [0.2, 0.25) is 0 Å². The number of methoxy groups -OCH3 is 2. The van der Waals surface area contributed by atoms with Gasteiger partial charge in [-0.15, -0.1) is 0 Å². The van der Waals surface area contributed by atoms with Crippen LogP contribution in [-0.4, -0.2) is 204 Å². The van der Waals surface area contributed by atoms with Gasteiger partial charge in [0.1, 0.15) is 61.0 Å². The lowest BCUT2D eigenvalue weighted by molar-refractivity contribution is -0.342. The van der Waals surface area contributed by atoms with Crippen LogP contribution in [0.1, 0.15) is 37.6 Å². The second-order valence-electron chi connectivity index (χ2n) is 15.0. The number of aliphatic hydroxyl groups is 7. The summed E-state index contributed by atoms with van der Waals surface area (Å²) in [5, 5.41) is 78.8. The predicted molar refractivity (Wildman–Crippen MR) is 216 cm³/mol. The molecule has 23 heteroatoms. The Kier molecular flexibility index (Phi) is 20.6. The highest BCUT2D eigenvalue weighted by Crippen LogP contribution is 2.30. The number of anilines is 1. The summed E-state index contributed by atoms with van der Waals surface area (Å²) < 4.78 is 54.5. The number of amides is 1. The minimum atomic E-state index is -1.87. The van der Waals surface area contributed by atoms with Crippen molar-refractivity contribution in [2.45, 2.75) is 119 Å². The Hall–Kier alpha value is -3.37. The molecule has 356 valence electrons. The standard InChI is InChI=1S/C40H59NO21S/c1-7-55-39-31(48)33(61-35(50)18(2)3)28(45)24(60-39)16-56-38-30(47)29(46)26(43)23(59-38)15-57-40-32(49)34(27(44)22(58-40)14-53-5)62-36(51)19(4)17-63-13-12-25(42)41-21-10-8-20(9-11-21)37(52)54-6/h8-11,19,22-24,26-34,38-40,43-49H,2,7,12-17H2,1,3-6H3,(H,41,42)/t19?,22?,23?,24?,26-,27-,28-,29+,30?,31?,32?,33+,34+,38+,39+,40+/m1/s1. The third-order valence-corrected chi connectivity index (χ3v) is 11.4. The summed E-state index contributed by atoms with van der Waals surface area (Å²) in [4.78, 5) is 49.5. The number of hydrogen-bond donors (Lipinski definition) is 8. The van der Waals surface area contributed by atoms with Crippen LogP contribution in [0.3, 0.4) is 0 Å². The maximum Gasteiger partial charge on any atom is 0.337 e. The van der Waals surface area contributed by atoms with E-state index >= 15 is 0 Å². The fourth-order valence-electron chi connectivity index (χ4n) is 6.53. The van der Waals surface area contributed by atoms with E-state index in [-0.39, 0.29) is 36.9 Å². The van der Waals surface area contributed by atoms with Gasteiger partial charge in [0, 0.05) is 42.9 Å². The number of rotatable bonds is 21. The van der Waals surface area contributed by atoms with Gasteiger partial charge in [-0.25, -0.2) is 9.59 Å². The molecule has 0 aliphatic carbocycles. The van der Waals surface area contributed by atoms with Crippen LogP contribution in [0.15, 0.2) is 36.4 Å². The van der Waals surface area contributed by atoms with Crippen LogP contribution in [-0.2, 0) is 61.8 Å². The van der Waals surface area contributed by atoms with Crippen LogP contribution in [0.25, 0.3) is 0 Å². The molecule has 1 aromatic rings. The van der Waals surface area contributed by atoms with E-state index in [1.807, 2.05) is 0 Å². The van der Waals surface area contributed by atoms with Crippen LogP contribution < -0.4 is 5.32 Å². The maximum atomic E-state index is 13.2. The lowest BCUT2D eigenvalue weighted by Gasteiger charge is -2.44. The zero-order valence-corrected chi connectivity index (χ0v) is 36.3. The molecule has 0 bridgehead atoms. The van der Waals surface area contributed by atoms with E-state index in [1.165, 1.54) is 45.0 Å². The molecule has 7 unspecified atom stereocenters. The van der Waals surface area contributed by atoms with Gasteiger partial charge in [0.05, 0.1) is 38.4 Å². The van der Waals surface area contributed by atoms with E-state index in [4.69, 9.17) is 42.6 Å². The highest BCUT2D eigenvalue weighted by molar-refractivity contribution is 7.99. The molecule has 3 heterocycles. The Balaban J connectivity index is 1.31. The quantitative estimate of drug-likeness (QED) is 0.0286. The van der Waals surface area contributed by atoms with Gasteiger partial charge in [-0.3, -0.25) is 9.59 Å². The molecule has 0 radical (unpaired) electrons. The number of esters is 3. The second kappa shape index (κ2) is 24.8. The lowest BCUT2D eigenvalue weighted by atomic mass is 9.97. The van der Waals surface area contributed by atoms with Crippen molar-refractivity contribution in [1.29, 1.82) is 0 Å². The van der Waals surface area contributed by atoms with Crippen molar-refractivity contribution < 1.29 is 102 Å². The third-order valence-electron chi connectivity index (χ3n) is 10.1. The Labute approximate surface area is 367 Å². The average molecular weight is 922 g/mol. The van der Waals surface area contributed by atoms with Crippen molar-refractivity contribution in [3.63, 3.8) is 0 Å². The van der Waals surface area contributed by atoms with Crippen molar-refractivity contribution in [2.75, 3.05) is 57.5 Å². The molecule has 1 aromatic carbocycles. The van der Waals surface area contributed by atoms with E-state index in [2.05, 4.69) is 16.6 Å². The minimum Gasteiger partial charge on any atom is -0.465 e. The summed E-state index contributed by atoms with van der Waals surface area (Å²) in [6.07, 6.45) is -23.8. The number of thioether (sulfide) groups is 1. The summed E-state index contributed by atoms with van der Waals surface area (Å²) >= 11 is 1.29. The number of nitrogens with one attached hydrogen (secondary N) is 1. The highest BCUT2D eigenvalue weighted by Gasteiger charge is 2.51. The molecule has 1 amide bonds. The smallest absolute Gasteiger partial charge is 0.337 e. The largest absolute Gasteiger partial charge is 0.465 e. The first kappa shape index (κ1) is 52.3. The molecule has 3 saturated heterocycles. The van der Waals surface area contributed by atoms with E-state index in [0.29, 0.717) is 17.0 Å². The first-order valence-corrected chi connectivity index (χ1v) is 21.3. The predicted octanol–water partition coefficient (Wildman–Crippen LogP) is -2.01. The van der Waals surface area contributed by atoms with Gasteiger partial charge in [-0.1, -0.05) is 13.5 Å². The summed E-state index contributed by atoms with van der Waals surface area (Å²) in [6.45, 7) is 6.68. The third kappa shape index (κ3) is 14.1. The van der Waals surface area contributed by atoms with Crippen molar-refractivity contribution in [3.05, 3.63) is 42.0 Å². The summed E-state index contributed by atoms with van der Waals surface area (Å²) in [6, 6.07) is 6.16. The average Bonchev–Trinajstić information content (AvgIpc) is 3.26. The number of benzene rings is 1. The SMILES string of the molecule is C=C(C)C(=O)O[C@@H]1C(O)[C@@H](OCC)OC(CO[C@H]2OC(CO[C@H]3OC(COC)[C@@H](O)[C@H](OC(=O)C(C)CSCCC(=O)Nc4ccc(C(=O)OC)cc4)C3O)[C@@H](O)[C@H](O)C2O)[C@H]1O. The fraction of sp³-hybridized carbons (Fsp3) is 0.700. The lowest BCUT2D eigenvalue weighted by Crippen LogP contribution is -2.63. The Morgan fingerprint density at radius 2 is 1.25 bits per heavy atom. The molecule has 3 aliphatic heterocycles. The molecule has 63 heavy (non-hydrogen) atoms. The van der Waals surface area contributed by atoms with Crippen molar-refractivity contribution >= 4 is 41.3 Å². The van der Waals surface area contributed by atoms with Gasteiger partial charge in [-0.2, -0.15) is 11.8 Å². The molecule has 22 nitrogen and oxygen atoms in total. The minimum absolute atomic E-state index is 0.00416. The molecule has 0 spiro atoms. The molecular weight excluding hydrogens is 862 g/mol. The van der Waals surface area contributed by atoms with Crippen LogP contribution in [0.4, 0.5) is 5.69 Å². The molecule has 0 aromatic heterocycles. The maximum absolute atomic E-state index is 13.2. The Morgan fingerprint density at radius 3 is 1.79 bits per heavy atom. The van der Waals surface area contributed by atoms with Gasteiger partial charge in [-0.05, 0) is 38.1 Å². The highest BCUT2D eigenvalue weighted by atomic mass is 32.2. The van der Waals surface area contributed by atoms with Crippen molar-refractivity contribution in [2.24, 2.45) is 5.92 Å². The van der Waals surface area contributed by atoms with E-state index in [1.54, 1.807) is 26.0 Å². The van der Waals surface area contributed by atoms with E-state index < -0.39 is 129 Å². The second-order valence-corrected chi connectivity index (χ2v) is 16.2. The normalized spacial score (nSPS) is 33.7. The summed E-state index contributed by atoms with van der Waals surface area (Å²) in [5.41, 5.74) is 0.808. The number of carbonyl (C=O) groups is 4. The fourth-order valence-corrected chi connectivity index (χ4v) is 7.52. The summed E-state index contributed by atoms with van der Waals surface area (Å²) in [7, 11) is 2.59. The van der Waals surface area contributed by atoms with Crippen molar-refractivity contribution in [3.8, 4) is 0 Å². The number of ether oxygens (including phenoxy) is 10. The van der Waals surface area contributed by atoms with Gasteiger partial charge < -0.3 is 88.4 Å². The van der Waals surface area contributed by atoms with Gasteiger partial charge in [0.15, 0.2) is 31.1 Å². The van der Waals surface area contributed by atoms with Crippen LogP contribution >= 0.6 is 11.8 Å². The summed E-state index contributed by atoms with van der Waals surface area (Å²) in [5.74, 6) is -2.68. The number of carbonyl (C=O) groups excluding carboxylic acids is 4. The number of aliphatic hydroxyl groups excluding tert-OH is 7.